The highest BCUT2D eigenvalue weighted by atomic mass is 32.2. The number of aromatic nitrogens is 3. The van der Waals surface area contributed by atoms with Gasteiger partial charge in [-0.25, -0.2) is 0 Å². The monoisotopic (exact) mass is 372 g/mol. The second kappa shape index (κ2) is 8.09. The Morgan fingerprint density at radius 2 is 2.24 bits per heavy atom. The fourth-order valence-electron chi connectivity index (χ4n) is 2.04. The smallest absolute Gasteiger partial charge is 0.237 e. The molecule has 0 aliphatic carbocycles. The van der Waals surface area contributed by atoms with Gasteiger partial charge in [0.05, 0.1) is 11.4 Å². The van der Waals surface area contributed by atoms with Gasteiger partial charge in [0.2, 0.25) is 5.91 Å². The number of ether oxygens (including phenoxy) is 1. The summed E-state index contributed by atoms with van der Waals surface area (Å²) in [6, 6.07) is 9.19. The number of hydrogen-bond acceptors (Lipinski definition) is 7. The molecule has 1 amide bonds. The quantitative estimate of drug-likeness (QED) is 0.655. The topological polar surface area (TPSA) is 77.0 Å². The third kappa shape index (κ3) is 4.77. The highest BCUT2D eigenvalue weighted by Gasteiger charge is 2.16. The summed E-state index contributed by atoms with van der Waals surface area (Å²) in [5.74, 6) is 1.31. The van der Waals surface area contributed by atoms with Gasteiger partial charge in [-0.05, 0) is 49.7 Å². The maximum atomic E-state index is 12.3. The number of anilines is 1. The lowest BCUT2D eigenvalue weighted by Gasteiger charge is -2.13. The molecule has 25 heavy (non-hydrogen) atoms. The Morgan fingerprint density at radius 1 is 1.36 bits per heavy atom. The molecule has 0 aliphatic rings. The van der Waals surface area contributed by atoms with E-state index in [1.54, 1.807) is 17.9 Å². The van der Waals surface area contributed by atoms with Crippen LogP contribution in [-0.2, 0) is 4.79 Å². The van der Waals surface area contributed by atoms with Crippen LogP contribution < -0.4 is 10.1 Å². The molecule has 2 heterocycles. The number of pyridine rings is 1. The lowest BCUT2D eigenvalue weighted by molar-refractivity contribution is -0.115. The largest absolute Gasteiger partial charge is 0.455 e. The predicted molar refractivity (Wildman–Crippen MR) is 99.3 cm³/mol. The number of nitrogens with zero attached hydrogens (tertiary/aromatic N) is 3. The van der Waals surface area contributed by atoms with Gasteiger partial charge in [0.1, 0.15) is 17.0 Å². The summed E-state index contributed by atoms with van der Waals surface area (Å²) in [6.45, 7) is 3.77. The van der Waals surface area contributed by atoms with Crippen LogP contribution in [0.5, 0.6) is 11.5 Å². The Hall–Kier alpha value is -2.45. The van der Waals surface area contributed by atoms with Crippen LogP contribution in [0.2, 0.25) is 0 Å². The van der Waals surface area contributed by atoms with E-state index in [1.807, 2.05) is 44.2 Å². The molecule has 0 spiro atoms. The second-order valence-electron chi connectivity index (χ2n) is 5.23. The molecule has 8 heteroatoms. The van der Waals surface area contributed by atoms with Crippen LogP contribution in [0.1, 0.15) is 12.5 Å². The van der Waals surface area contributed by atoms with Gasteiger partial charge in [-0.1, -0.05) is 23.1 Å². The number of benzene rings is 1. The van der Waals surface area contributed by atoms with Gasteiger partial charge >= 0.3 is 0 Å². The van der Waals surface area contributed by atoms with E-state index in [9.17, 15) is 4.79 Å². The van der Waals surface area contributed by atoms with Crippen LogP contribution in [0.15, 0.2) is 52.6 Å². The van der Waals surface area contributed by atoms with Crippen molar-refractivity contribution in [1.29, 1.82) is 0 Å². The zero-order chi connectivity index (χ0) is 17.6. The standard InChI is InChI=1S/C17H16N4O2S2/c1-11-8-13(5-6-15(11)23-14-4-3-7-18-9-14)20-16(22)12(2)25-17-21-19-10-24-17/h3-10,12H,1-2H3,(H,20,22). The first kappa shape index (κ1) is 17.4. The summed E-state index contributed by atoms with van der Waals surface area (Å²) in [5.41, 5.74) is 3.30. The lowest BCUT2D eigenvalue weighted by atomic mass is 10.2. The molecule has 0 saturated heterocycles. The first-order chi connectivity index (χ1) is 12.1. The van der Waals surface area contributed by atoms with Gasteiger partial charge in [0.25, 0.3) is 0 Å². The van der Waals surface area contributed by atoms with Crippen LogP contribution in [0.4, 0.5) is 5.69 Å². The Morgan fingerprint density at radius 3 is 2.92 bits per heavy atom. The van der Waals surface area contributed by atoms with E-state index >= 15 is 0 Å². The van der Waals surface area contributed by atoms with E-state index in [-0.39, 0.29) is 11.2 Å². The Bertz CT molecular complexity index is 841. The molecule has 0 aliphatic heterocycles. The molecule has 0 saturated carbocycles. The first-order valence-corrected chi connectivity index (χ1v) is 9.30. The number of amides is 1. The first-order valence-electron chi connectivity index (χ1n) is 7.54. The molecular weight excluding hydrogens is 356 g/mol. The van der Waals surface area contributed by atoms with Crippen LogP contribution in [0.3, 0.4) is 0 Å². The molecule has 3 aromatic rings. The molecule has 128 valence electrons. The number of carbonyl (C=O) groups excluding carboxylic acids is 1. The van der Waals surface area contributed by atoms with Crippen molar-refractivity contribution in [1.82, 2.24) is 15.2 Å². The van der Waals surface area contributed by atoms with E-state index in [0.29, 0.717) is 5.75 Å². The maximum Gasteiger partial charge on any atom is 0.237 e. The average Bonchev–Trinajstić information content (AvgIpc) is 3.11. The van der Waals surface area contributed by atoms with Gasteiger partial charge in [0.15, 0.2) is 4.34 Å². The number of thioether (sulfide) groups is 1. The van der Waals surface area contributed by atoms with E-state index in [1.165, 1.54) is 23.1 Å². The van der Waals surface area contributed by atoms with Crippen molar-refractivity contribution in [3.8, 4) is 11.5 Å². The summed E-state index contributed by atoms with van der Waals surface area (Å²) < 4.78 is 6.57. The summed E-state index contributed by atoms with van der Waals surface area (Å²) in [6.07, 6.45) is 3.35. The predicted octanol–water partition coefficient (Wildman–Crippen LogP) is 4.15. The normalized spacial score (nSPS) is 11.8. The molecule has 0 bridgehead atoms. The Balaban J connectivity index is 1.63. The highest BCUT2D eigenvalue weighted by Crippen LogP contribution is 2.28. The molecule has 1 aromatic carbocycles. The maximum absolute atomic E-state index is 12.3. The molecule has 6 nitrogen and oxygen atoms in total. The fraction of sp³-hybridized carbons (Fsp3) is 0.176. The van der Waals surface area contributed by atoms with Gasteiger partial charge in [-0.3, -0.25) is 9.78 Å². The zero-order valence-electron chi connectivity index (χ0n) is 13.7. The molecule has 0 radical (unpaired) electrons. The van der Waals surface area contributed by atoms with E-state index in [2.05, 4.69) is 20.5 Å². The molecule has 3 rings (SSSR count). The number of rotatable bonds is 6. The van der Waals surface area contributed by atoms with Gasteiger partial charge in [0, 0.05) is 11.9 Å². The Kier molecular flexibility index (Phi) is 5.62. The van der Waals surface area contributed by atoms with Crippen LogP contribution in [-0.4, -0.2) is 26.3 Å². The van der Waals surface area contributed by atoms with Crippen molar-refractivity contribution in [2.24, 2.45) is 0 Å². The highest BCUT2D eigenvalue weighted by molar-refractivity contribution is 8.02. The molecule has 1 atom stereocenters. The minimum Gasteiger partial charge on any atom is -0.455 e. The van der Waals surface area contributed by atoms with E-state index < -0.39 is 0 Å². The van der Waals surface area contributed by atoms with E-state index in [0.717, 1.165) is 21.3 Å². The van der Waals surface area contributed by atoms with Gasteiger partial charge in [-0.15, -0.1) is 10.2 Å². The molecule has 1 N–H and O–H groups in total. The third-order valence-electron chi connectivity index (χ3n) is 3.29. The minimum atomic E-state index is -0.264. The minimum absolute atomic E-state index is 0.0828. The summed E-state index contributed by atoms with van der Waals surface area (Å²) >= 11 is 2.81. The van der Waals surface area contributed by atoms with Crippen LogP contribution in [0, 0.1) is 6.92 Å². The molecule has 1 unspecified atom stereocenters. The van der Waals surface area contributed by atoms with Gasteiger partial charge in [-0.2, -0.15) is 0 Å². The van der Waals surface area contributed by atoms with Crippen molar-refractivity contribution >= 4 is 34.7 Å². The van der Waals surface area contributed by atoms with Crippen LogP contribution >= 0.6 is 23.1 Å². The van der Waals surface area contributed by atoms with Crippen molar-refractivity contribution in [2.45, 2.75) is 23.4 Å². The summed E-state index contributed by atoms with van der Waals surface area (Å²) in [7, 11) is 0. The number of aryl methyl sites for hydroxylation is 1. The number of hydrogen-bond donors (Lipinski definition) is 1. The number of carbonyl (C=O) groups is 1. The lowest BCUT2D eigenvalue weighted by Crippen LogP contribution is -2.22. The fourth-order valence-corrected chi connectivity index (χ4v) is 3.66. The molecule has 2 aromatic heterocycles. The SMILES string of the molecule is Cc1cc(NC(=O)C(C)Sc2nncs2)ccc1Oc1cccnc1. The van der Waals surface area contributed by atoms with E-state index in [4.69, 9.17) is 4.74 Å². The molecule has 0 fully saturated rings. The van der Waals surface area contributed by atoms with Crippen LogP contribution in [0.25, 0.3) is 0 Å². The second-order valence-corrected chi connectivity index (χ2v) is 7.65. The average molecular weight is 372 g/mol. The zero-order valence-corrected chi connectivity index (χ0v) is 15.3. The third-order valence-corrected chi connectivity index (χ3v) is 5.20. The van der Waals surface area contributed by atoms with Crippen molar-refractivity contribution < 1.29 is 9.53 Å². The van der Waals surface area contributed by atoms with Gasteiger partial charge < -0.3 is 10.1 Å². The molecular formula is C17H16N4O2S2. The summed E-state index contributed by atoms with van der Waals surface area (Å²) in [5, 5.41) is 10.4. The number of nitrogens with one attached hydrogen (secondary N) is 1. The van der Waals surface area contributed by atoms with Crippen molar-refractivity contribution in [3.63, 3.8) is 0 Å². The Labute approximate surface area is 153 Å². The summed E-state index contributed by atoms with van der Waals surface area (Å²) in [4.78, 5) is 16.3. The van der Waals surface area contributed by atoms with Crippen molar-refractivity contribution in [3.05, 3.63) is 53.8 Å². The van der Waals surface area contributed by atoms with Crippen molar-refractivity contribution in [2.75, 3.05) is 5.32 Å².